The Balaban J connectivity index is 2.92. The number of carbonyl (C=O) groups excluding carboxylic acids is 1. The molecule has 16 heavy (non-hydrogen) atoms. The third kappa shape index (κ3) is 3.61. The standard InChI is InChI=1S/C12H16BrNO2/c1-3-4-5-9-8-10(13)6-7-11(9)12(15)14-16-2/h6-8H,3-5H2,1-2H3,(H,14,15). The molecule has 0 aliphatic carbocycles. The number of halogens is 1. The molecule has 0 heterocycles. The molecule has 1 N–H and O–H groups in total. The number of aryl methyl sites for hydroxylation is 1. The van der Waals surface area contributed by atoms with E-state index in [1.165, 1.54) is 7.11 Å². The number of nitrogens with one attached hydrogen (secondary N) is 1. The number of hydrogen-bond acceptors (Lipinski definition) is 2. The number of amides is 1. The molecule has 0 aromatic heterocycles. The van der Waals surface area contributed by atoms with Gasteiger partial charge in [0.2, 0.25) is 0 Å². The van der Waals surface area contributed by atoms with Crippen LogP contribution in [0.25, 0.3) is 0 Å². The minimum atomic E-state index is -0.193. The zero-order valence-corrected chi connectivity index (χ0v) is 11.1. The fourth-order valence-electron chi connectivity index (χ4n) is 1.51. The first-order valence-corrected chi connectivity index (χ1v) is 6.10. The maximum Gasteiger partial charge on any atom is 0.275 e. The lowest BCUT2D eigenvalue weighted by molar-refractivity contribution is 0.0536. The number of rotatable bonds is 5. The monoisotopic (exact) mass is 285 g/mol. The van der Waals surface area contributed by atoms with Crippen LogP contribution >= 0.6 is 15.9 Å². The van der Waals surface area contributed by atoms with E-state index in [-0.39, 0.29) is 5.91 Å². The van der Waals surface area contributed by atoms with Gasteiger partial charge in [-0.2, -0.15) is 0 Å². The molecule has 0 saturated carbocycles. The van der Waals surface area contributed by atoms with E-state index in [2.05, 4.69) is 33.2 Å². The van der Waals surface area contributed by atoms with Gasteiger partial charge in [-0.15, -0.1) is 0 Å². The van der Waals surface area contributed by atoms with Crippen molar-refractivity contribution < 1.29 is 9.63 Å². The minimum absolute atomic E-state index is 0.193. The van der Waals surface area contributed by atoms with Crippen LogP contribution in [0, 0.1) is 0 Å². The number of hydroxylamine groups is 1. The van der Waals surface area contributed by atoms with Gasteiger partial charge in [0.15, 0.2) is 0 Å². The largest absolute Gasteiger partial charge is 0.277 e. The molecule has 0 fully saturated rings. The second-order valence-corrected chi connectivity index (χ2v) is 4.46. The molecular formula is C12H16BrNO2. The van der Waals surface area contributed by atoms with Crippen molar-refractivity contribution >= 4 is 21.8 Å². The van der Waals surface area contributed by atoms with Crippen LogP contribution in [0.1, 0.15) is 35.7 Å². The summed E-state index contributed by atoms with van der Waals surface area (Å²) < 4.78 is 0.993. The van der Waals surface area contributed by atoms with Crippen LogP contribution in [0.4, 0.5) is 0 Å². The lowest BCUT2D eigenvalue weighted by Gasteiger charge is -2.09. The Morgan fingerprint density at radius 3 is 2.88 bits per heavy atom. The zero-order chi connectivity index (χ0) is 12.0. The van der Waals surface area contributed by atoms with Gasteiger partial charge in [-0.05, 0) is 36.6 Å². The minimum Gasteiger partial charge on any atom is -0.277 e. The normalized spacial score (nSPS) is 10.2. The van der Waals surface area contributed by atoms with Gasteiger partial charge in [-0.25, -0.2) is 5.48 Å². The van der Waals surface area contributed by atoms with Crippen LogP contribution in [-0.4, -0.2) is 13.0 Å². The fraction of sp³-hybridized carbons (Fsp3) is 0.417. The molecular weight excluding hydrogens is 270 g/mol. The van der Waals surface area contributed by atoms with Gasteiger partial charge >= 0.3 is 0 Å². The fourth-order valence-corrected chi connectivity index (χ4v) is 1.91. The molecule has 1 aromatic carbocycles. The van der Waals surface area contributed by atoms with E-state index < -0.39 is 0 Å². The van der Waals surface area contributed by atoms with Crippen molar-refractivity contribution in [2.75, 3.05) is 7.11 Å². The second-order valence-electron chi connectivity index (χ2n) is 3.54. The van der Waals surface area contributed by atoms with Crippen molar-refractivity contribution in [3.8, 4) is 0 Å². The first-order valence-electron chi connectivity index (χ1n) is 5.30. The predicted octanol–water partition coefficient (Wildman–Crippen LogP) is 3.08. The molecule has 0 unspecified atom stereocenters. The Hall–Kier alpha value is -0.870. The SMILES string of the molecule is CCCCc1cc(Br)ccc1C(=O)NOC. The number of benzene rings is 1. The van der Waals surface area contributed by atoms with Crippen LogP contribution in [0.15, 0.2) is 22.7 Å². The first kappa shape index (κ1) is 13.2. The second kappa shape index (κ2) is 6.66. The molecule has 1 rings (SSSR count). The average Bonchev–Trinajstić information content (AvgIpc) is 2.26. The highest BCUT2D eigenvalue weighted by molar-refractivity contribution is 9.10. The topological polar surface area (TPSA) is 38.3 Å². The summed E-state index contributed by atoms with van der Waals surface area (Å²) in [6.45, 7) is 2.13. The van der Waals surface area contributed by atoms with Crippen LogP contribution in [-0.2, 0) is 11.3 Å². The Morgan fingerprint density at radius 1 is 1.50 bits per heavy atom. The summed E-state index contributed by atoms with van der Waals surface area (Å²) in [6.07, 6.45) is 3.09. The molecule has 0 aliphatic heterocycles. The van der Waals surface area contributed by atoms with Crippen molar-refractivity contribution in [2.24, 2.45) is 0 Å². The summed E-state index contributed by atoms with van der Waals surface area (Å²) in [7, 11) is 1.43. The van der Waals surface area contributed by atoms with Crippen molar-refractivity contribution in [2.45, 2.75) is 26.2 Å². The van der Waals surface area contributed by atoms with Crippen molar-refractivity contribution in [1.82, 2.24) is 5.48 Å². The number of carbonyl (C=O) groups is 1. The van der Waals surface area contributed by atoms with Gasteiger partial charge in [0.25, 0.3) is 5.91 Å². The van der Waals surface area contributed by atoms with Gasteiger partial charge in [0.1, 0.15) is 0 Å². The molecule has 0 spiro atoms. The van der Waals surface area contributed by atoms with Gasteiger partial charge in [0, 0.05) is 10.0 Å². The molecule has 1 amide bonds. The van der Waals surface area contributed by atoms with E-state index in [0.29, 0.717) is 5.56 Å². The van der Waals surface area contributed by atoms with Gasteiger partial charge in [0.05, 0.1) is 7.11 Å². The quantitative estimate of drug-likeness (QED) is 0.845. The van der Waals surface area contributed by atoms with E-state index in [0.717, 1.165) is 29.3 Å². The van der Waals surface area contributed by atoms with Crippen molar-refractivity contribution in [1.29, 1.82) is 0 Å². The average molecular weight is 286 g/mol. The van der Waals surface area contributed by atoms with E-state index >= 15 is 0 Å². The lowest BCUT2D eigenvalue weighted by Crippen LogP contribution is -2.23. The Labute approximate surface area is 104 Å². The Bertz CT molecular complexity index is 366. The van der Waals surface area contributed by atoms with Gasteiger partial charge in [-0.3, -0.25) is 9.63 Å². The molecule has 4 heteroatoms. The summed E-state index contributed by atoms with van der Waals surface area (Å²) in [5, 5.41) is 0. The highest BCUT2D eigenvalue weighted by atomic mass is 79.9. The lowest BCUT2D eigenvalue weighted by atomic mass is 10.0. The summed E-state index contributed by atoms with van der Waals surface area (Å²) in [5.41, 5.74) is 4.07. The van der Waals surface area contributed by atoms with E-state index in [9.17, 15) is 4.79 Å². The van der Waals surface area contributed by atoms with Crippen LogP contribution in [0.3, 0.4) is 0 Å². The highest BCUT2D eigenvalue weighted by Gasteiger charge is 2.10. The third-order valence-corrected chi connectivity index (χ3v) is 2.80. The predicted molar refractivity (Wildman–Crippen MR) is 67.2 cm³/mol. The molecule has 0 aliphatic rings. The zero-order valence-electron chi connectivity index (χ0n) is 9.55. The van der Waals surface area contributed by atoms with Crippen LogP contribution < -0.4 is 5.48 Å². The van der Waals surface area contributed by atoms with Crippen LogP contribution in [0.2, 0.25) is 0 Å². The Kier molecular flexibility index (Phi) is 5.49. The van der Waals surface area contributed by atoms with E-state index in [4.69, 9.17) is 0 Å². The number of hydrogen-bond donors (Lipinski definition) is 1. The van der Waals surface area contributed by atoms with E-state index in [1.54, 1.807) is 0 Å². The molecule has 0 saturated heterocycles. The third-order valence-electron chi connectivity index (χ3n) is 2.31. The summed E-state index contributed by atoms with van der Waals surface area (Å²) in [6, 6.07) is 5.66. The van der Waals surface area contributed by atoms with Gasteiger partial charge < -0.3 is 0 Å². The van der Waals surface area contributed by atoms with Crippen LogP contribution in [0.5, 0.6) is 0 Å². The smallest absolute Gasteiger partial charge is 0.275 e. The molecule has 1 aromatic rings. The summed E-state index contributed by atoms with van der Waals surface area (Å²) in [4.78, 5) is 16.3. The molecule has 0 atom stereocenters. The van der Waals surface area contributed by atoms with E-state index in [1.807, 2.05) is 18.2 Å². The van der Waals surface area contributed by atoms with Crippen molar-refractivity contribution in [3.05, 3.63) is 33.8 Å². The first-order chi connectivity index (χ1) is 7.69. The highest BCUT2D eigenvalue weighted by Crippen LogP contribution is 2.18. The molecule has 3 nitrogen and oxygen atoms in total. The van der Waals surface area contributed by atoms with Gasteiger partial charge in [-0.1, -0.05) is 29.3 Å². The number of unbranched alkanes of at least 4 members (excludes halogenated alkanes) is 1. The Morgan fingerprint density at radius 2 is 2.25 bits per heavy atom. The molecule has 88 valence electrons. The summed E-state index contributed by atoms with van der Waals surface area (Å²) >= 11 is 3.41. The summed E-state index contributed by atoms with van der Waals surface area (Å²) in [5.74, 6) is -0.193. The molecule has 0 bridgehead atoms. The molecule has 0 radical (unpaired) electrons. The maximum atomic E-state index is 11.7. The van der Waals surface area contributed by atoms with Crippen molar-refractivity contribution in [3.63, 3.8) is 0 Å². The maximum absolute atomic E-state index is 11.7.